The van der Waals surface area contributed by atoms with E-state index in [0.717, 1.165) is 4.31 Å². The Hall–Kier alpha value is -2.49. The summed E-state index contributed by atoms with van der Waals surface area (Å²) in [4.78, 5) is 28.5. The Morgan fingerprint density at radius 3 is 2.17 bits per heavy atom. The van der Waals surface area contributed by atoms with Gasteiger partial charge in [-0.3, -0.25) is 13.9 Å². The van der Waals surface area contributed by atoms with Gasteiger partial charge in [0.25, 0.3) is 10.0 Å². The van der Waals surface area contributed by atoms with E-state index in [1.54, 1.807) is 43.3 Å². The molecule has 12 heteroatoms. The molecule has 214 valence electrons. The normalized spacial score (nSPS) is 12.1. The van der Waals surface area contributed by atoms with Crippen LogP contribution in [0.1, 0.15) is 32.3 Å². The maximum atomic E-state index is 14.0. The molecule has 0 heterocycles. The molecule has 0 saturated heterocycles. The molecule has 0 radical (unpaired) electrons. The minimum atomic E-state index is -4.25. The molecule has 0 bridgehead atoms. The number of hydrogen-bond acceptors (Lipinski definition) is 4. The number of carbonyl (C=O) groups is 2. The Labute approximate surface area is 255 Å². The van der Waals surface area contributed by atoms with Gasteiger partial charge in [-0.05, 0) is 60.9 Å². The second-order valence-corrected chi connectivity index (χ2v) is 12.4. The summed E-state index contributed by atoms with van der Waals surface area (Å²) < 4.78 is 28.6. The SMILES string of the molecule is CCCNC(=O)[C@H](CC)N(Cc1ccc(Cl)c(Cl)c1)C(=O)CN(c1ccc(Cl)cc1Cl)S(=O)(=O)c1ccccc1. The average Bonchev–Trinajstić information content (AvgIpc) is 2.93. The van der Waals surface area contributed by atoms with Crippen LogP contribution in [0.4, 0.5) is 5.69 Å². The van der Waals surface area contributed by atoms with E-state index in [9.17, 15) is 18.0 Å². The number of nitrogens with one attached hydrogen (secondary N) is 1. The molecule has 3 aromatic rings. The summed E-state index contributed by atoms with van der Waals surface area (Å²) in [7, 11) is -4.25. The number of anilines is 1. The highest BCUT2D eigenvalue weighted by molar-refractivity contribution is 7.92. The van der Waals surface area contributed by atoms with E-state index in [-0.39, 0.29) is 39.5 Å². The summed E-state index contributed by atoms with van der Waals surface area (Å²) in [6.07, 6.45) is 0.997. The number of halogens is 4. The van der Waals surface area contributed by atoms with Crippen molar-refractivity contribution in [2.75, 3.05) is 17.4 Å². The van der Waals surface area contributed by atoms with Crippen LogP contribution in [0.3, 0.4) is 0 Å². The molecule has 0 spiro atoms. The van der Waals surface area contributed by atoms with E-state index in [2.05, 4.69) is 5.32 Å². The fraction of sp³-hybridized carbons (Fsp3) is 0.286. The Balaban J connectivity index is 2.09. The summed E-state index contributed by atoms with van der Waals surface area (Å²) in [6.45, 7) is 3.49. The molecule has 0 aliphatic heterocycles. The molecule has 0 aliphatic carbocycles. The molecule has 0 fully saturated rings. The van der Waals surface area contributed by atoms with Gasteiger partial charge in [0, 0.05) is 18.1 Å². The number of benzene rings is 3. The maximum Gasteiger partial charge on any atom is 0.264 e. The third-order valence-electron chi connectivity index (χ3n) is 6.06. The fourth-order valence-electron chi connectivity index (χ4n) is 4.04. The molecule has 3 aromatic carbocycles. The van der Waals surface area contributed by atoms with Crippen LogP contribution in [-0.4, -0.2) is 44.3 Å². The van der Waals surface area contributed by atoms with Gasteiger partial charge in [-0.25, -0.2) is 8.42 Å². The van der Waals surface area contributed by atoms with Crippen molar-refractivity contribution in [1.82, 2.24) is 10.2 Å². The lowest BCUT2D eigenvalue weighted by Gasteiger charge is -2.33. The highest BCUT2D eigenvalue weighted by Gasteiger charge is 2.34. The Morgan fingerprint density at radius 2 is 1.57 bits per heavy atom. The van der Waals surface area contributed by atoms with Crippen molar-refractivity contribution < 1.29 is 18.0 Å². The van der Waals surface area contributed by atoms with Crippen molar-refractivity contribution in [3.63, 3.8) is 0 Å². The van der Waals surface area contributed by atoms with Gasteiger partial charge in [0.15, 0.2) is 0 Å². The van der Waals surface area contributed by atoms with E-state index < -0.39 is 28.5 Å². The monoisotopic (exact) mass is 643 g/mol. The second-order valence-electron chi connectivity index (χ2n) is 8.91. The van der Waals surface area contributed by atoms with Crippen molar-refractivity contribution in [2.24, 2.45) is 0 Å². The van der Waals surface area contributed by atoms with Crippen LogP contribution in [-0.2, 0) is 26.2 Å². The van der Waals surface area contributed by atoms with E-state index >= 15 is 0 Å². The Bertz CT molecular complexity index is 1460. The molecule has 0 unspecified atom stereocenters. The molecular weight excluding hydrogens is 616 g/mol. The standard InChI is InChI=1S/C28H29Cl4N3O4S/c1-3-14-33-28(37)25(4-2)34(17-19-10-12-22(30)23(31)15-19)27(36)18-35(26-13-11-20(29)16-24(26)32)40(38,39)21-8-6-5-7-9-21/h5-13,15-16,25H,3-4,14,17-18H2,1-2H3,(H,33,37)/t25-/m0/s1. The molecule has 0 aliphatic rings. The van der Waals surface area contributed by atoms with Gasteiger partial charge in [0.1, 0.15) is 12.6 Å². The number of sulfonamides is 1. The highest BCUT2D eigenvalue weighted by atomic mass is 35.5. The predicted molar refractivity (Wildman–Crippen MR) is 162 cm³/mol. The highest BCUT2D eigenvalue weighted by Crippen LogP contribution is 2.33. The van der Waals surface area contributed by atoms with Crippen LogP contribution in [0.2, 0.25) is 20.1 Å². The fourth-order valence-corrected chi connectivity index (χ4v) is 6.37. The minimum Gasteiger partial charge on any atom is -0.354 e. The van der Waals surface area contributed by atoms with Crippen LogP contribution in [0, 0.1) is 0 Å². The summed E-state index contributed by atoms with van der Waals surface area (Å²) >= 11 is 24.8. The van der Waals surface area contributed by atoms with Crippen LogP contribution >= 0.6 is 46.4 Å². The first-order chi connectivity index (χ1) is 19.0. The Kier molecular flexibility index (Phi) is 11.5. The van der Waals surface area contributed by atoms with Gasteiger partial charge in [0.2, 0.25) is 11.8 Å². The van der Waals surface area contributed by atoms with Crippen molar-refractivity contribution in [2.45, 2.75) is 44.2 Å². The zero-order valence-corrected chi connectivity index (χ0v) is 25.8. The lowest BCUT2D eigenvalue weighted by molar-refractivity contribution is -0.140. The van der Waals surface area contributed by atoms with Crippen molar-refractivity contribution in [3.05, 3.63) is 92.4 Å². The van der Waals surface area contributed by atoms with E-state index in [4.69, 9.17) is 46.4 Å². The van der Waals surface area contributed by atoms with Crippen LogP contribution < -0.4 is 9.62 Å². The molecule has 1 atom stereocenters. The third-order valence-corrected chi connectivity index (χ3v) is 9.11. The molecular formula is C28H29Cl4N3O4S. The van der Waals surface area contributed by atoms with Gasteiger partial charge in [-0.1, -0.05) is 84.5 Å². The first-order valence-corrected chi connectivity index (χ1v) is 15.5. The molecule has 7 nitrogen and oxygen atoms in total. The number of nitrogens with zero attached hydrogens (tertiary/aromatic N) is 2. The first kappa shape index (κ1) is 32.0. The topological polar surface area (TPSA) is 86.8 Å². The summed E-state index contributed by atoms with van der Waals surface area (Å²) in [6, 6.07) is 16.0. The van der Waals surface area contributed by atoms with Gasteiger partial charge < -0.3 is 10.2 Å². The quantitative estimate of drug-likeness (QED) is 0.234. The van der Waals surface area contributed by atoms with E-state index in [1.807, 2.05) is 6.92 Å². The van der Waals surface area contributed by atoms with E-state index in [0.29, 0.717) is 28.6 Å². The molecule has 0 saturated carbocycles. The van der Waals surface area contributed by atoms with Crippen LogP contribution in [0.15, 0.2) is 71.6 Å². The number of amides is 2. The minimum absolute atomic E-state index is 0.0126. The smallest absolute Gasteiger partial charge is 0.264 e. The van der Waals surface area contributed by atoms with Crippen LogP contribution in [0.25, 0.3) is 0 Å². The summed E-state index contributed by atoms with van der Waals surface area (Å²) in [5.74, 6) is -0.963. The molecule has 0 aromatic heterocycles. The van der Waals surface area contributed by atoms with Crippen molar-refractivity contribution in [3.8, 4) is 0 Å². The number of rotatable bonds is 12. The zero-order chi connectivity index (χ0) is 29.4. The third kappa shape index (κ3) is 7.83. The Morgan fingerprint density at radius 1 is 0.875 bits per heavy atom. The van der Waals surface area contributed by atoms with Gasteiger partial charge >= 0.3 is 0 Å². The number of hydrogen-bond donors (Lipinski definition) is 1. The number of carbonyl (C=O) groups excluding carboxylic acids is 2. The van der Waals surface area contributed by atoms with E-state index in [1.165, 1.54) is 35.2 Å². The molecule has 2 amide bonds. The maximum absolute atomic E-state index is 14.0. The van der Waals surface area contributed by atoms with Crippen molar-refractivity contribution >= 4 is 73.9 Å². The lowest BCUT2D eigenvalue weighted by atomic mass is 10.1. The van der Waals surface area contributed by atoms with Crippen LogP contribution in [0.5, 0.6) is 0 Å². The van der Waals surface area contributed by atoms with Gasteiger partial charge in [-0.15, -0.1) is 0 Å². The van der Waals surface area contributed by atoms with Crippen molar-refractivity contribution in [1.29, 1.82) is 0 Å². The molecule has 3 rings (SSSR count). The zero-order valence-electron chi connectivity index (χ0n) is 21.9. The molecule has 1 N–H and O–H groups in total. The second kappa shape index (κ2) is 14.4. The van der Waals surface area contributed by atoms with Gasteiger partial charge in [-0.2, -0.15) is 0 Å². The first-order valence-electron chi connectivity index (χ1n) is 12.5. The molecule has 40 heavy (non-hydrogen) atoms. The lowest BCUT2D eigenvalue weighted by Crippen LogP contribution is -2.52. The van der Waals surface area contributed by atoms with Gasteiger partial charge in [0.05, 0.1) is 25.7 Å². The average molecular weight is 645 g/mol. The summed E-state index contributed by atoms with van der Waals surface area (Å²) in [5, 5.41) is 3.81. The summed E-state index contributed by atoms with van der Waals surface area (Å²) in [5.41, 5.74) is 0.688. The largest absolute Gasteiger partial charge is 0.354 e. The predicted octanol–water partition coefficient (Wildman–Crippen LogP) is 6.83.